The number of nitro benzene ring substituents is 1. The van der Waals surface area contributed by atoms with Gasteiger partial charge in [-0.05, 0) is 44.9 Å². The Morgan fingerprint density at radius 2 is 1.80 bits per heavy atom. The predicted octanol–water partition coefficient (Wildman–Crippen LogP) is 2.32. The zero-order chi connectivity index (χ0) is 25.2. The number of likely N-dealkylation sites (N-methyl/N-ethyl adjacent to an activating group) is 1. The average molecular weight is 480 g/mol. The molecule has 0 aliphatic carbocycles. The topological polar surface area (TPSA) is 116 Å². The Morgan fingerprint density at radius 1 is 1.11 bits per heavy atom. The van der Waals surface area contributed by atoms with Crippen molar-refractivity contribution in [3.63, 3.8) is 0 Å². The van der Waals surface area contributed by atoms with Crippen molar-refractivity contribution in [2.75, 3.05) is 37.7 Å². The van der Waals surface area contributed by atoms with Crippen LogP contribution in [0.1, 0.15) is 35.7 Å². The minimum atomic E-state index is -0.857. The molecule has 2 aromatic rings. The normalized spacial score (nSPS) is 17.1. The van der Waals surface area contributed by atoms with Crippen LogP contribution in [0, 0.1) is 17.0 Å². The van der Waals surface area contributed by atoms with Crippen LogP contribution in [-0.4, -0.2) is 70.8 Å². The van der Waals surface area contributed by atoms with Crippen LogP contribution in [0.4, 0.5) is 11.4 Å². The fraction of sp³-hybridized carbons (Fsp3) is 0.400. The number of amides is 3. The van der Waals surface area contributed by atoms with Crippen molar-refractivity contribution in [1.29, 1.82) is 0 Å². The van der Waals surface area contributed by atoms with Gasteiger partial charge in [0.25, 0.3) is 17.5 Å². The summed E-state index contributed by atoms with van der Waals surface area (Å²) in [6.07, 6.45) is 0.790. The van der Waals surface area contributed by atoms with Crippen LogP contribution >= 0.6 is 0 Å². The molecule has 0 bridgehead atoms. The van der Waals surface area contributed by atoms with Crippen molar-refractivity contribution >= 4 is 29.1 Å². The summed E-state index contributed by atoms with van der Waals surface area (Å²) in [5, 5.41) is 14.0. The molecule has 3 amide bonds. The van der Waals surface area contributed by atoms with Gasteiger partial charge in [-0.1, -0.05) is 24.3 Å². The zero-order valence-corrected chi connectivity index (χ0v) is 19.9. The lowest BCUT2D eigenvalue weighted by Gasteiger charge is -2.43. The Kier molecular flexibility index (Phi) is 6.72. The summed E-state index contributed by atoms with van der Waals surface area (Å²) in [5.74, 6) is -0.621. The van der Waals surface area contributed by atoms with Gasteiger partial charge >= 0.3 is 0 Å². The molecule has 2 saturated heterocycles. The molecule has 184 valence electrons. The Bertz CT molecular complexity index is 1140. The van der Waals surface area contributed by atoms with E-state index in [0.717, 1.165) is 5.69 Å². The molecule has 0 saturated carbocycles. The second-order valence-electron chi connectivity index (χ2n) is 8.94. The number of nitro groups is 1. The summed E-state index contributed by atoms with van der Waals surface area (Å²) in [4.78, 5) is 55.1. The number of carbonyl (C=O) groups is 3. The molecule has 10 nitrogen and oxygen atoms in total. The van der Waals surface area contributed by atoms with Crippen molar-refractivity contribution in [1.82, 2.24) is 15.1 Å². The fourth-order valence-corrected chi connectivity index (χ4v) is 4.95. The maximum absolute atomic E-state index is 13.6. The number of anilines is 1. The molecule has 10 heteroatoms. The van der Waals surface area contributed by atoms with Gasteiger partial charge in [-0.3, -0.25) is 24.5 Å². The van der Waals surface area contributed by atoms with Crippen molar-refractivity contribution < 1.29 is 19.3 Å². The van der Waals surface area contributed by atoms with Gasteiger partial charge in [0.1, 0.15) is 12.1 Å². The average Bonchev–Trinajstić information content (AvgIpc) is 3.11. The lowest BCUT2D eigenvalue weighted by molar-refractivity contribution is -0.385. The SMILES string of the molecule is CCNC(=O)CN1CN(c2ccccc2)C2(CCN(C(=O)c3ccc(C)c([N+](=O)[O-])c3)CC2)C1=O. The molecule has 1 N–H and O–H groups in total. The van der Waals surface area contributed by atoms with Gasteiger partial charge < -0.3 is 20.0 Å². The van der Waals surface area contributed by atoms with Gasteiger partial charge in [-0.15, -0.1) is 0 Å². The summed E-state index contributed by atoms with van der Waals surface area (Å²) in [5.41, 5.74) is 0.684. The second-order valence-corrected chi connectivity index (χ2v) is 8.94. The van der Waals surface area contributed by atoms with Crippen LogP contribution < -0.4 is 10.2 Å². The van der Waals surface area contributed by atoms with Crippen molar-refractivity contribution in [3.05, 3.63) is 69.8 Å². The van der Waals surface area contributed by atoms with Gasteiger partial charge in [0.05, 0.1) is 11.6 Å². The first-order chi connectivity index (χ1) is 16.8. The number of likely N-dealkylation sites (tertiary alicyclic amines) is 1. The van der Waals surface area contributed by atoms with Crippen LogP contribution in [0.2, 0.25) is 0 Å². The largest absolute Gasteiger partial charge is 0.355 e. The van der Waals surface area contributed by atoms with Crippen LogP contribution in [0.25, 0.3) is 0 Å². The Hall–Kier alpha value is -3.95. The number of nitrogens with one attached hydrogen (secondary N) is 1. The van der Waals surface area contributed by atoms with Gasteiger partial charge in [0, 0.05) is 42.5 Å². The fourth-order valence-electron chi connectivity index (χ4n) is 4.95. The third kappa shape index (κ3) is 4.55. The highest BCUT2D eigenvalue weighted by molar-refractivity contribution is 5.98. The number of hydrogen-bond donors (Lipinski definition) is 1. The minimum Gasteiger partial charge on any atom is -0.355 e. The van der Waals surface area contributed by atoms with Gasteiger partial charge in [-0.2, -0.15) is 0 Å². The number of para-hydroxylation sites is 1. The Labute approximate surface area is 203 Å². The van der Waals surface area contributed by atoms with E-state index in [2.05, 4.69) is 5.32 Å². The number of aryl methyl sites for hydroxylation is 1. The Morgan fingerprint density at radius 3 is 2.43 bits per heavy atom. The molecule has 2 fully saturated rings. The first-order valence-electron chi connectivity index (χ1n) is 11.7. The van der Waals surface area contributed by atoms with Crippen molar-refractivity contribution in [2.45, 2.75) is 32.2 Å². The van der Waals surface area contributed by atoms with Gasteiger partial charge in [0.2, 0.25) is 5.91 Å². The minimum absolute atomic E-state index is 0.0204. The molecule has 0 unspecified atom stereocenters. The summed E-state index contributed by atoms with van der Waals surface area (Å²) < 4.78 is 0. The van der Waals surface area contributed by atoms with E-state index in [1.165, 1.54) is 6.07 Å². The molecule has 0 radical (unpaired) electrons. The summed E-state index contributed by atoms with van der Waals surface area (Å²) >= 11 is 0. The lowest BCUT2D eigenvalue weighted by Crippen LogP contribution is -2.57. The molecule has 1 spiro atoms. The maximum atomic E-state index is 13.6. The maximum Gasteiger partial charge on any atom is 0.273 e. The highest BCUT2D eigenvalue weighted by atomic mass is 16.6. The quantitative estimate of drug-likeness (QED) is 0.502. The van der Waals surface area contributed by atoms with E-state index < -0.39 is 10.5 Å². The third-order valence-electron chi connectivity index (χ3n) is 6.82. The smallest absolute Gasteiger partial charge is 0.273 e. The Balaban J connectivity index is 1.56. The van der Waals surface area contributed by atoms with E-state index in [-0.39, 0.29) is 42.2 Å². The molecule has 4 rings (SSSR count). The number of nitrogens with zero attached hydrogens (tertiary/aromatic N) is 4. The zero-order valence-electron chi connectivity index (χ0n) is 19.9. The second kappa shape index (κ2) is 9.73. The summed E-state index contributed by atoms with van der Waals surface area (Å²) in [7, 11) is 0. The number of benzene rings is 2. The van der Waals surface area contributed by atoms with Gasteiger partial charge in [-0.25, -0.2) is 0 Å². The molecular formula is C25H29N5O5. The summed E-state index contributed by atoms with van der Waals surface area (Å²) in [6.45, 7) is 4.87. The molecular weight excluding hydrogens is 450 g/mol. The van der Waals surface area contributed by atoms with E-state index >= 15 is 0 Å². The van der Waals surface area contributed by atoms with E-state index in [9.17, 15) is 24.5 Å². The number of piperidine rings is 1. The first-order valence-corrected chi connectivity index (χ1v) is 11.7. The molecule has 2 heterocycles. The molecule has 35 heavy (non-hydrogen) atoms. The molecule has 2 aliphatic heterocycles. The number of rotatable bonds is 6. The predicted molar refractivity (Wildman–Crippen MR) is 130 cm³/mol. The van der Waals surface area contributed by atoms with E-state index in [0.29, 0.717) is 38.0 Å². The monoisotopic (exact) mass is 479 g/mol. The molecule has 0 aromatic heterocycles. The highest BCUT2D eigenvalue weighted by Crippen LogP contribution is 2.39. The number of carbonyl (C=O) groups excluding carboxylic acids is 3. The van der Waals surface area contributed by atoms with Gasteiger partial charge in [0.15, 0.2) is 0 Å². The van der Waals surface area contributed by atoms with Crippen LogP contribution in [0.15, 0.2) is 48.5 Å². The van der Waals surface area contributed by atoms with Crippen molar-refractivity contribution in [2.24, 2.45) is 0 Å². The van der Waals surface area contributed by atoms with E-state index in [1.54, 1.807) is 28.9 Å². The molecule has 0 atom stereocenters. The van der Waals surface area contributed by atoms with E-state index in [1.807, 2.05) is 42.2 Å². The van der Waals surface area contributed by atoms with E-state index in [4.69, 9.17) is 0 Å². The van der Waals surface area contributed by atoms with Crippen LogP contribution in [0.3, 0.4) is 0 Å². The molecule has 2 aliphatic rings. The lowest BCUT2D eigenvalue weighted by atomic mass is 9.85. The first kappa shape index (κ1) is 24.2. The van der Waals surface area contributed by atoms with Crippen LogP contribution in [0.5, 0.6) is 0 Å². The van der Waals surface area contributed by atoms with Crippen LogP contribution in [-0.2, 0) is 9.59 Å². The standard InChI is InChI=1S/C25H29N5O5/c1-3-26-22(31)16-28-17-29(20-7-5-4-6-8-20)25(24(28)33)11-13-27(14-12-25)23(32)19-10-9-18(2)21(15-19)30(34)35/h4-10,15H,3,11-14,16-17H2,1-2H3,(H,26,31). The number of hydrogen-bond acceptors (Lipinski definition) is 6. The highest BCUT2D eigenvalue weighted by Gasteiger charge is 2.54. The van der Waals surface area contributed by atoms with Crippen molar-refractivity contribution in [3.8, 4) is 0 Å². The third-order valence-corrected chi connectivity index (χ3v) is 6.82. The molecule has 2 aromatic carbocycles. The summed E-state index contributed by atoms with van der Waals surface area (Å²) in [6, 6.07) is 14.1.